The number of para-hydroxylation sites is 1. The SMILES string of the molecule is CC(Sc1nncn1-c1ccccc1)C(=O)Nc1ccc(F)cc1. The molecular weight excluding hydrogens is 327 g/mol. The Kier molecular flexibility index (Phi) is 4.90. The number of hydrogen-bond acceptors (Lipinski definition) is 4. The molecule has 1 atom stereocenters. The van der Waals surface area contributed by atoms with Gasteiger partial charge < -0.3 is 5.32 Å². The monoisotopic (exact) mass is 342 g/mol. The van der Waals surface area contributed by atoms with Crippen molar-refractivity contribution in [3.63, 3.8) is 0 Å². The van der Waals surface area contributed by atoms with Gasteiger partial charge in [-0.1, -0.05) is 30.0 Å². The van der Waals surface area contributed by atoms with Gasteiger partial charge in [0.2, 0.25) is 5.91 Å². The van der Waals surface area contributed by atoms with Gasteiger partial charge in [-0.15, -0.1) is 10.2 Å². The number of hydrogen-bond donors (Lipinski definition) is 1. The Morgan fingerprint density at radius 1 is 1.17 bits per heavy atom. The molecule has 1 amide bonds. The molecule has 7 heteroatoms. The maximum absolute atomic E-state index is 12.9. The molecule has 1 N–H and O–H groups in total. The first-order chi connectivity index (χ1) is 11.6. The second kappa shape index (κ2) is 7.27. The topological polar surface area (TPSA) is 59.8 Å². The van der Waals surface area contributed by atoms with Crippen molar-refractivity contribution < 1.29 is 9.18 Å². The van der Waals surface area contributed by atoms with E-state index in [9.17, 15) is 9.18 Å². The van der Waals surface area contributed by atoms with Crippen LogP contribution >= 0.6 is 11.8 Å². The van der Waals surface area contributed by atoms with Crippen LogP contribution in [0, 0.1) is 5.82 Å². The van der Waals surface area contributed by atoms with Gasteiger partial charge in [-0.3, -0.25) is 9.36 Å². The lowest BCUT2D eigenvalue weighted by atomic mass is 10.3. The Morgan fingerprint density at radius 3 is 2.58 bits per heavy atom. The summed E-state index contributed by atoms with van der Waals surface area (Å²) < 4.78 is 14.7. The van der Waals surface area contributed by atoms with E-state index in [2.05, 4.69) is 15.5 Å². The Balaban J connectivity index is 1.69. The minimum atomic E-state index is -0.387. The number of anilines is 1. The van der Waals surface area contributed by atoms with E-state index < -0.39 is 0 Å². The Morgan fingerprint density at radius 2 is 1.88 bits per heavy atom. The molecule has 0 saturated carbocycles. The number of halogens is 1. The number of nitrogens with zero attached hydrogens (tertiary/aromatic N) is 3. The van der Waals surface area contributed by atoms with Crippen LogP contribution in [0.1, 0.15) is 6.92 Å². The van der Waals surface area contributed by atoms with Gasteiger partial charge in [-0.25, -0.2) is 4.39 Å². The van der Waals surface area contributed by atoms with E-state index in [1.54, 1.807) is 13.3 Å². The van der Waals surface area contributed by atoms with Crippen LogP contribution in [0.25, 0.3) is 5.69 Å². The zero-order valence-corrected chi connectivity index (χ0v) is 13.7. The molecule has 3 rings (SSSR count). The first kappa shape index (κ1) is 16.2. The third-order valence-electron chi connectivity index (χ3n) is 3.31. The van der Waals surface area contributed by atoms with Crippen molar-refractivity contribution in [1.82, 2.24) is 14.8 Å². The summed E-state index contributed by atoms with van der Waals surface area (Å²) in [5.74, 6) is -0.527. The van der Waals surface area contributed by atoms with Crippen molar-refractivity contribution in [2.75, 3.05) is 5.32 Å². The van der Waals surface area contributed by atoms with Gasteiger partial charge in [0.1, 0.15) is 12.1 Å². The van der Waals surface area contributed by atoms with Gasteiger partial charge in [0.05, 0.1) is 5.25 Å². The molecule has 2 aromatic carbocycles. The molecule has 0 radical (unpaired) electrons. The van der Waals surface area contributed by atoms with Crippen molar-refractivity contribution >= 4 is 23.4 Å². The average Bonchev–Trinajstić information content (AvgIpc) is 3.05. The van der Waals surface area contributed by atoms with Gasteiger partial charge in [-0.05, 0) is 43.3 Å². The van der Waals surface area contributed by atoms with E-state index in [1.807, 2.05) is 34.9 Å². The fourth-order valence-electron chi connectivity index (χ4n) is 2.06. The molecular formula is C17H15FN4OS. The number of carbonyl (C=O) groups excluding carboxylic acids is 1. The van der Waals surface area contributed by atoms with Crippen LogP contribution in [0.3, 0.4) is 0 Å². The molecule has 0 spiro atoms. The molecule has 1 heterocycles. The van der Waals surface area contributed by atoms with Crippen molar-refractivity contribution in [1.29, 1.82) is 0 Å². The number of aromatic nitrogens is 3. The van der Waals surface area contributed by atoms with Gasteiger partial charge in [-0.2, -0.15) is 0 Å². The third-order valence-corrected chi connectivity index (χ3v) is 4.37. The summed E-state index contributed by atoms with van der Waals surface area (Å²) in [6.07, 6.45) is 1.61. The largest absolute Gasteiger partial charge is 0.325 e. The molecule has 0 aliphatic rings. The van der Waals surface area contributed by atoms with Crippen molar-refractivity contribution in [2.24, 2.45) is 0 Å². The lowest BCUT2D eigenvalue weighted by molar-refractivity contribution is -0.115. The van der Waals surface area contributed by atoms with E-state index in [-0.39, 0.29) is 17.0 Å². The molecule has 1 unspecified atom stereocenters. The second-order valence-corrected chi connectivity index (χ2v) is 6.38. The fourth-order valence-corrected chi connectivity index (χ4v) is 2.90. The molecule has 3 aromatic rings. The normalized spacial score (nSPS) is 11.9. The summed E-state index contributed by atoms with van der Waals surface area (Å²) in [6.45, 7) is 1.79. The average molecular weight is 342 g/mol. The molecule has 24 heavy (non-hydrogen) atoms. The maximum Gasteiger partial charge on any atom is 0.237 e. The van der Waals surface area contributed by atoms with E-state index >= 15 is 0 Å². The summed E-state index contributed by atoms with van der Waals surface area (Å²) in [5, 5.41) is 11.0. The first-order valence-corrected chi connectivity index (χ1v) is 8.20. The first-order valence-electron chi connectivity index (χ1n) is 7.32. The van der Waals surface area contributed by atoms with Crippen LogP contribution in [-0.4, -0.2) is 25.9 Å². The minimum Gasteiger partial charge on any atom is -0.325 e. The summed E-state index contributed by atoms with van der Waals surface area (Å²) >= 11 is 1.31. The van der Waals surface area contributed by atoms with Gasteiger partial charge >= 0.3 is 0 Å². The molecule has 0 fully saturated rings. The molecule has 5 nitrogen and oxygen atoms in total. The molecule has 0 aliphatic heterocycles. The highest BCUT2D eigenvalue weighted by Gasteiger charge is 2.18. The van der Waals surface area contributed by atoms with Crippen LogP contribution in [0.5, 0.6) is 0 Å². The smallest absolute Gasteiger partial charge is 0.237 e. The lowest BCUT2D eigenvalue weighted by Gasteiger charge is -2.12. The highest BCUT2D eigenvalue weighted by Crippen LogP contribution is 2.24. The molecule has 1 aromatic heterocycles. The van der Waals surface area contributed by atoms with Crippen LogP contribution < -0.4 is 5.32 Å². The van der Waals surface area contributed by atoms with Gasteiger partial charge in [0, 0.05) is 11.4 Å². The standard InChI is InChI=1S/C17H15FN4OS/c1-12(16(23)20-14-9-7-13(18)8-10-14)24-17-21-19-11-22(17)15-5-3-2-4-6-15/h2-12H,1H3,(H,20,23). The van der Waals surface area contributed by atoms with Crippen molar-refractivity contribution in [3.8, 4) is 5.69 Å². The fraction of sp³-hybridized carbons (Fsp3) is 0.118. The third kappa shape index (κ3) is 3.80. The van der Waals surface area contributed by atoms with E-state index in [4.69, 9.17) is 0 Å². The number of benzene rings is 2. The maximum atomic E-state index is 12.9. The number of carbonyl (C=O) groups is 1. The highest BCUT2D eigenvalue weighted by molar-refractivity contribution is 8.00. The van der Waals surface area contributed by atoms with E-state index in [0.717, 1.165) is 5.69 Å². The number of amides is 1. The van der Waals surface area contributed by atoms with Crippen LogP contribution in [-0.2, 0) is 4.79 Å². The second-order valence-electron chi connectivity index (χ2n) is 5.08. The van der Waals surface area contributed by atoms with E-state index in [1.165, 1.54) is 36.0 Å². The minimum absolute atomic E-state index is 0.186. The van der Waals surface area contributed by atoms with Crippen molar-refractivity contribution in [2.45, 2.75) is 17.3 Å². The molecule has 0 aliphatic carbocycles. The highest BCUT2D eigenvalue weighted by atomic mass is 32.2. The predicted octanol–water partition coefficient (Wildman–Crippen LogP) is 3.53. The van der Waals surface area contributed by atoms with Gasteiger partial charge in [0.25, 0.3) is 0 Å². The van der Waals surface area contributed by atoms with E-state index in [0.29, 0.717) is 10.8 Å². The quantitative estimate of drug-likeness (QED) is 0.721. The Labute approximate surface area is 142 Å². The summed E-state index contributed by atoms with van der Waals surface area (Å²) in [7, 11) is 0. The number of nitrogens with one attached hydrogen (secondary N) is 1. The summed E-state index contributed by atoms with van der Waals surface area (Å²) in [5.41, 5.74) is 1.48. The zero-order valence-electron chi connectivity index (χ0n) is 12.9. The lowest BCUT2D eigenvalue weighted by Crippen LogP contribution is -2.22. The zero-order chi connectivity index (χ0) is 16.9. The summed E-state index contributed by atoms with van der Waals surface area (Å²) in [6, 6.07) is 15.3. The Bertz CT molecular complexity index is 820. The van der Waals surface area contributed by atoms with Crippen LogP contribution in [0.2, 0.25) is 0 Å². The van der Waals surface area contributed by atoms with Gasteiger partial charge in [0.15, 0.2) is 5.16 Å². The van der Waals surface area contributed by atoms with Crippen LogP contribution in [0.15, 0.2) is 66.1 Å². The van der Waals surface area contributed by atoms with Crippen LogP contribution in [0.4, 0.5) is 10.1 Å². The van der Waals surface area contributed by atoms with Crippen molar-refractivity contribution in [3.05, 3.63) is 66.7 Å². The molecule has 0 bridgehead atoms. The number of thioether (sulfide) groups is 1. The number of rotatable bonds is 5. The molecule has 122 valence electrons. The molecule has 0 saturated heterocycles. The predicted molar refractivity (Wildman–Crippen MR) is 91.7 cm³/mol. The summed E-state index contributed by atoms with van der Waals surface area (Å²) in [4.78, 5) is 12.3. The Hall–Kier alpha value is -2.67.